The highest BCUT2D eigenvalue weighted by atomic mass is 35.5. The van der Waals surface area contributed by atoms with Gasteiger partial charge < -0.3 is 16.0 Å². The van der Waals surface area contributed by atoms with Crippen molar-refractivity contribution in [2.24, 2.45) is 11.7 Å². The number of nitrogens with zero attached hydrogens (tertiary/aromatic N) is 1. The Bertz CT molecular complexity index is 546. The van der Waals surface area contributed by atoms with Gasteiger partial charge in [0, 0.05) is 24.3 Å². The minimum atomic E-state index is -0.480. The number of primary amides is 1. The quantitative estimate of drug-likeness (QED) is 0.870. The Kier molecular flexibility index (Phi) is 6.68. The first-order valence-corrected chi connectivity index (χ1v) is 7.42. The number of hydrogen-bond donors (Lipinski definition) is 2. The Morgan fingerprint density at radius 3 is 2.73 bits per heavy atom. The van der Waals surface area contributed by atoms with Crippen LogP contribution in [0.25, 0.3) is 0 Å². The molecular weight excluding hydrogens is 302 g/mol. The molecule has 0 fully saturated rings. The largest absolute Gasteiger partial charge is 0.385 e. The lowest BCUT2D eigenvalue weighted by Gasteiger charge is -2.26. The highest BCUT2D eigenvalue weighted by molar-refractivity contribution is 5.99. The fraction of sp³-hybridized carbons (Fsp3) is 0.500. The number of hydrogen-bond acceptors (Lipinski definition) is 3. The molecule has 1 aliphatic heterocycles. The molecule has 0 bridgehead atoms. The number of fused-ring (bicyclic) bond motifs is 1. The van der Waals surface area contributed by atoms with E-state index in [9.17, 15) is 9.59 Å². The molecule has 1 aromatic carbocycles. The van der Waals surface area contributed by atoms with Crippen molar-refractivity contribution in [2.75, 3.05) is 25.0 Å². The second-order valence-corrected chi connectivity index (χ2v) is 5.91. The van der Waals surface area contributed by atoms with E-state index in [4.69, 9.17) is 5.73 Å². The van der Waals surface area contributed by atoms with Gasteiger partial charge in [0.15, 0.2) is 0 Å². The molecule has 2 amide bonds. The van der Waals surface area contributed by atoms with E-state index in [-0.39, 0.29) is 30.8 Å². The topological polar surface area (TPSA) is 75.4 Å². The van der Waals surface area contributed by atoms with E-state index in [1.165, 1.54) is 0 Å². The molecule has 0 spiro atoms. The molecule has 3 N–H and O–H groups in total. The SMILES string of the molecule is CC(C)CN(CC(N)=O)C(=O)c1cccc2c1CCCN2.Cl. The van der Waals surface area contributed by atoms with Crippen molar-refractivity contribution in [3.8, 4) is 0 Å². The zero-order chi connectivity index (χ0) is 15.4. The summed E-state index contributed by atoms with van der Waals surface area (Å²) in [7, 11) is 0. The van der Waals surface area contributed by atoms with Crippen molar-refractivity contribution in [1.82, 2.24) is 4.90 Å². The molecule has 0 saturated heterocycles. The van der Waals surface area contributed by atoms with Crippen LogP contribution in [0.3, 0.4) is 0 Å². The third-order valence-electron chi connectivity index (χ3n) is 3.54. The minimum Gasteiger partial charge on any atom is -0.385 e. The van der Waals surface area contributed by atoms with E-state index in [1.807, 2.05) is 32.0 Å². The van der Waals surface area contributed by atoms with E-state index in [0.717, 1.165) is 30.6 Å². The van der Waals surface area contributed by atoms with Crippen molar-refractivity contribution in [3.63, 3.8) is 0 Å². The maximum Gasteiger partial charge on any atom is 0.254 e. The number of carbonyl (C=O) groups excluding carboxylic acids is 2. The molecule has 0 aliphatic carbocycles. The van der Waals surface area contributed by atoms with Gasteiger partial charge in [-0.15, -0.1) is 12.4 Å². The van der Waals surface area contributed by atoms with Crippen LogP contribution in [0.15, 0.2) is 18.2 Å². The molecule has 0 saturated carbocycles. The van der Waals surface area contributed by atoms with Crippen LogP contribution in [0.5, 0.6) is 0 Å². The van der Waals surface area contributed by atoms with Gasteiger partial charge in [-0.05, 0) is 36.5 Å². The summed E-state index contributed by atoms with van der Waals surface area (Å²) in [4.78, 5) is 25.6. The van der Waals surface area contributed by atoms with Crippen LogP contribution in [0.1, 0.15) is 36.2 Å². The number of nitrogens with one attached hydrogen (secondary N) is 1. The highest BCUT2D eigenvalue weighted by Crippen LogP contribution is 2.26. The molecule has 1 aliphatic rings. The maximum atomic E-state index is 12.8. The smallest absolute Gasteiger partial charge is 0.254 e. The summed E-state index contributed by atoms with van der Waals surface area (Å²) >= 11 is 0. The molecule has 1 heterocycles. The molecule has 0 unspecified atom stereocenters. The summed E-state index contributed by atoms with van der Waals surface area (Å²) in [5.41, 5.74) is 8.03. The number of nitrogens with two attached hydrogens (primary N) is 1. The fourth-order valence-corrected chi connectivity index (χ4v) is 2.73. The molecule has 122 valence electrons. The average molecular weight is 326 g/mol. The number of benzene rings is 1. The summed E-state index contributed by atoms with van der Waals surface area (Å²) in [6, 6.07) is 5.71. The van der Waals surface area contributed by atoms with Gasteiger partial charge >= 0.3 is 0 Å². The third-order valence-corrected chi connectivity index (χ3v) is 3.54. The van der Waals surface area contributed by atoms with Gasteiger partial charge in [0.25, 0.3) is 5.91 Å². The summed E-state index contributed by atoms with van der Waals surface area (Å²) in [6.45, 7) is 5.46. The van der Waals surface area contributed by atoms with Crippen molar-refractivity contribution < 1.29 is 9.59 Å². The Morgan fingerprint density at radius 1 is 1.36 bits per heavy atom. The lowest BCUT2D eigenvalue weighted by molar-refractivity contribution is -0.118. The fourth-order valence-electron chi connectivity index (χ4n) is 2.73. The predicted octanol–water partition coefficient (Wildman–Crippen LogP) is 2.05. The van der Waals surface area contributed by atoms with Crippen LogP contribution in [0.2, 0.25) is 0 Å². The molecule has 2 rings (SSSR count). The lowest BCUT2D eigenvalue weighted by Crippen LogP contribution is -2.41. The Hall–Kier alpha value is -1.75. The van der Waals surface area contributed by atoms with Crippen LogP contribution in [-0.2, 0) is 11.2 Å². The number of halogens is 1. The molecule has 0 atom stereocenters. The summed E-state index contributed by atoms with van der Waals surface area (Å²) in [5.74, 6) is -0.305. The highest BCUT2D eigenvalue weighted by Gasteiger charge is 2.23. The van der Waals surface area contributed by atoms with Gasteiger partial charge in [-0.2, -0.15) is 0 Å². The first-order valence-electron chi connectivity index (χ1n) is 7.42. The normalized spacial score (nSPS) is 12.9. The second-order valence-electron chi connectivity index (χ2n) is 5.91. The molecule has 0 radical (unpaired) electrons. The second kappa shape index (κ2) is 8.03. The average Bonchev–Trinajstić information content (AvgIpc) is 2.44. The monoisotopic (exact) mass is 325 g/mol. The Labute approximate surface area is 137 Å². The standard InChI is InChI=1S/C16H23N3O2.ClH/c1-11(2)9-19(10-15(17)20)16(21)13-5-3-7-14-12(13)6-4-8-18-14;/h3,5,7,11,18H,4,6,8-10H2,1-2H3,(H2,17,20);1H. The van der Waals surface area contributed by atoms with Gasteiger partial charge in [0.1, 0.15) is 0 Å². The molecule has 22 heavy (non-hydrogen) atoms. The van der Waals surface area contributed by atoms with Gasteiger partial charge in [0.2, 0.25) is 5.91 Å². The van der Waals surface area contributed by atoms with Crippen molar-refractivity contribution >= 4 is 29.9 Å². The summed E-state index contributed by atoms with van der Waals surface area (Å²) in [6.07, 6.45) is 1.90. The van der Waals surface area contributed by atoms with Crippen LogP contribution in [0.4, 0.5) is 5.69 Å². The first kappa shape index (κ1) is 18.3. The van der Waals surface area contributed by atoms with Crippen LogP contribution in [0, 0.1) is 5.92 Å². The molecule has 0 aromatic heterocycles. The molecule has 6 heteroatoms. The van der Waals surface area contributed by atoms with E-state index in [0.29, 0.717) is 12.1 Å². The molecule has 5 nitrogen and oxygen atoms in total. The molecule has 1 aromatic rings. The predicted molar refractivity (Wildman–Crippen MR) is 90.4 cm³/mol. The lowest BCUT2D eigenvalue weighted by atomic mass is 9.96. The Balaban J connectivity index is 0.00000242. The molecular formula is C16H24ClN3O2. The van der Waals surface area contributed by atoms with Crippen molar-refractivity contribution in [2.45, 2.75) is 26.7 Å². The van der Waals surface area contributed by atoms with Gasteiger partial charge in [-0.1, -0.05) is 19.9 Å². The third kappa shape index (κ3) is 4.37. The van der Waals surface area contributed by atoms with E-state index in [2.05, 4.69) is 5.32 Å². The van der Waals surface area contributed by atoms with Crippen LogP contribution in [-0.4, -0.2) is 36.3 Å². The van der Waals surface area contributed by atoms with E-state index >= 15 is 0 Å². The zero-order valence-electron chi connectivity index (χ0n) is 13.1. The number of rotatable bonds is 5. The van der Waals surface area contributed by atoms with E-state index < -0.39 is 5.91 Å². The number of anilines is 1. The summed E-state index contributed by atoms with van der Waals surface area (Å²) in [5, 5.41) is 3.32. The van der Waals surface area contributed by atoms with Crippen LogP contribution >= 0.6 is 12.4 Å². The first-order chi connectivity index (χ1) is 9.99. The van der Waals surface area contributed by atoms with Gasteiger partial charge in [-0.3, -0.25) is 9.59 Å². The number of amides is 2. The number of carbonyl (C=O) groups is 2. The zero-order valence-corrected chi connectivity index (χ0v) is 13.9. The maximum absolute atomic E-state index is 12.8. The Morgan fingerprint density at radius 2 is 2.09 bits per heavy atom. The van der Waals surface area contributed by atoms with Gasteiger partial charge in [-0.25, -0.2) is 0 Å². The van der Waals surface area contributed by atoms with Crippen molar-refractivity contribution in [1.29, 1.82) is 0 Å². The summed E-state index contributed by atoms with van der Waals surface area (Å²) < 4.78 is 0. The van der Waals surface area contributed by atoms with Crippen molar-refractivity contribution in [3.05, 3.63) is 29.3 Å². The van der Waals surface area contributed by atoms with E-state index in [1.54, 1.807) is 4.90 Å². The minimum absolute atomic E-state index is 0. The van der Waals surface area contributed by atoms with Crippen LogP contribution < -0.4 is 11.1 Å². The van der Waals surface area contributed by atoms with Gasteiger partial charge in [0.05, 0.1) is 6.54 Å².